The lowest BCUT2D eigenvalue weighted by Gasteiger charge is -2.09. The van der Waals surface area contributed by atoms with Gasteiger partial charge >= 0.3 is 0 Å². The third-order valence-corrected chi connectivity index (χ3v) is 5.06. The van der Waals surface area contributed by atoms with Gasteiger partial charge in [-0.05, 0) is 65.4 Å². The van der Waals surface area contributed by atoms with Crippen molar-refractivity contribution in [1.82, 2.24) is 4.98 Å². The summed E-state index contributed by atoms with van der Waals surface area (Å²) in [6.45, 7) is 6.03. The van der Waals surface area contributed by atoms with Crippen molar-refractivity contribution < 1.29 is 9.21 Å². The van der Waals surface area contributed by atoms with E-state index in [1.165, 1.54) is 5.56 Å². The number of aldehydes is 1. The molecular formula is C25H21NO2. The molecule has 28 heavy (non-hydrogen) atoms. The summed E-state index contributed by atoms with van der Waals surface area (Å²) < 4.78 is 5.69. The van der Waals surface area contributed by atoms with Crippen molar-refractivity contribution >= 4 is 29.5 Å². The van der Waals surface area contributed by atoms with Crippen molar-refractivity contribution in [3.63, 3.8) is 0 Å². The standard InChI is InChI=1S/C25H21NO2/c1-16-7-8-19(15-27)13-21(16)10-9-20-5-4-6-23(17(20)2)22-11-12-24-25(14-22)28-18(3)26-24/h4-15H,1-3H3/b10-9+. The summed E-state index contributed by atoms with van der Waals surface area (Å²) in [5, 5.41) is 0. The Balaban J connectivity index is 1.73. The summed E-state index contributed by atoms with van der Waals surface area (Å²) in [5.41, 5.74) is 9.16. The first-order chi connectivity index (χ1) is 13.5. The van der Waals surface area contributed by atoms with Crippen molar-refractivity contribution in [2.75, 3.05) is 0 Å². The Hall–Kier alpha value is -3.46. The number of carbonyl (C=O) groups is 1. The van der Waals surface area contributed by atoms with Gasteiger partial charge < -0.3 is 4.42 Å². The van der Waals surface area contributed by atoms with Crippen LogP contribution in [0, 0.1) is 20.8 Å². The van der Waals surface area contributed by atoms with Crippen LogP contribution >= 0.6 is 0 Å². The van der Waals surface area contributed by atoms with E-state index < -0.39 is 0 Å². The molecule has 0 aliphatic heterocycles. The van der Waals surface area contributed by atoms with E-state index >= 15 is 0 Å². The van der Waals surface area contributed by atoms with Crippen LogP contribution in [-0.4, -0.2) is 11.3 Å². The van der Waals surface area contributed by atoms with Gasteiger partial charge in [0.2, 0.25) is 0 Å². The SMILES string of the molecule is Cc1nc2ccc(-c3cccc(/C=C/c4cc(C=O)ccc4C)c3C)cc2o1. The third kappa shape index (κ3) is 3.39. The first-order valence-corrected chi connectivity index (χ1v) is 9.26. The summed E-state index contributed by atoms with van der Waals surface area (Å²) in [7, 11) is 0. The Morgan fingerprint density at radius 2 is 1.71 bits per heavy atom. The molecule has 138 valence electrons. The fourth-order valence-corrected chi connectivity index (χ4v) is 3.45. The highest BCUT2D eigenvalue weighted by molar-refractivity contribution is 5.84. The maximum atomic E-state index is 11.1. The molecule has 4 rings (SSSR count). The molecule has 4 aromatic rings. The molecule has 3 heteroatoms. The summed E-state index contributed by atoms with van der Waals surface area (Å²) >= 11 is 0. The number of fused-ring (bicyclic) bond motifs is 1. The van der Waals surface area contributed by atoms with Gasteiger partial charge in [-0.1, -0.05) is 48.6 Å². The van der Waals surface area contributed by atoms with E-state index in [-0.39, 0.29) is 0 Å². The van der Waals surface area contributed by atoms with Gasteiger partial charge in [0, 0.05) is 12.5 Å². The molecule has 0 aliphatic rings. The quantitative estimate of drug-likeness (QED) is 0.309. The molecule has 0 saturated heterocycles. The van der Waals surface area contributed by atoms with Crippen LogP contribution in [0.1, 0.15) is 38.5 Å². The van der Waals surface area contributed by atoms with Gasteiger partial charge in [-0.3, -0.25) is 4.79 Å². The van der Waals surface area contributed by atoms with Gasteiger partial charge in [0.15, 0.2) is 11.5 Å². The topological polar surface area (TPSA) is 43.1 Å². The molecule has 0 unspecified atom stereocenters. The normalized spacial score (nSPS) is 11.4. The lowest BCUT2D eigenvalue weighted by Crippen LogP contribution is -1.88. The average Bonchev–Trinajstić information content (AvgIpc) is 3.07. The number of carbonyl (C=O) groups excluding carboxylic acids is 1. The third-order valence-electron chi connectivity index (χ3n) is 5.06. The summed E-state index contributed by atoms with van der Waals surface area (Å²) in [4.78, 5) is 15.4. The van der Waals surface area contributed by atoms with Crippen molar-refractivity contribution in [3.05, 3.63) is 88.3 Å². The maximum Gasteiger partial charge on any atom is 0.192 e. The minimum Gasteiger partial charge on any atom is -0.441 e. The summed E-state index contributed by atoms with van der Waals surface area (Å²) in [6.07, 6.45) is 5.05. The number of aromatic nitrogens is 1. The minimum atomic E-state index is 0.675. The molecular weight excluding hydrogens is 346 g/mol. The Labute approximate surface area is 164 Å². The van der Waals surface area contributed by atoms with Crippen LogP contribution in [0.4, 0.5) is 0 Å². The van der Waals surface area contributed by atoms with Gasteiger partial charge in [0.05, 0.1) is 0 Å². The second-order valence-electron chi connectivity index (χ2n) is 7.00. The van der Waals surface area contributed by atoms with Crippen molar-refractivity contribution in [2.24, 2.45) is 0 Å². The van der Waals surface area contributed by atoms with E-state index in [9.17, 15) is 4.79 Å². The molecule has 0 bridgehead atoms. The number of benzene rings is 3. The Bertz CT molecular complexity index is 1210. The Morgan fingerprint density at radius 1 is 0.893 bits per heavy atom. The zero-order valence-corrected chi connectivity index (χ0v) is 16.2. The Morgan fingerprint density at radius 3 is 2.54 bits per heavy atom. The van der Waals surface area contributed by atoms with Crippen LogP contribution < -0.4 is 0 Å². The van der Waals surface area contributed by atoms with E-state index in [1.54, 1.807) is 0 Å². The van der Waals surface area contributed by atoms with Gasteiger partial charge in [0.25, 0.3) is 0 Å². The first-order valence-electron chi connectivity index (χ1n) is 9.26. The highest BCUT2D eigenvalue weighted by atomic mass is 16.3. The first kappa shape index (κ1) is 17.9. The van der Waals surface area contributed by atoms with Crippen LogP contribution in [0.3, 0.4) is 0 Å². The lowest BCUT2D eigenvalue weighted by molar-refractivity contribution is 0.112. The van der Waals surface area contributed by atoms with Crippen LogP contribution in [0.15, 0.2) is 59.0 Å². The lowest BCUT2D eigenvalue weighted by atomic mass is 9.95. The van der Waals surface area contributed by atoms with Crippen LogP contribution in [0.2, 0.25) is 0 Å². The second kappa shape index (κ2) is 7.28. The molecule has 3 aromatic carbocycles. The van der Waals surface area contributed by atoms with E-state index in [4.69, 9.17) is 4.42 Å². The molecule has 0 spiro atoms. The highest BCUT2D eigenvalue weighted by Crippen LogP contribution is 2.30. The average molecular weight is 367 g/mol. The largest absolute Gasteiger partial charge is 0.441 e. The van der Waals surface area contributed by atoms with Gasteiger partial charge in [-0.2, -0.15) is 0 Å². The molecule has 0 radical (unpaired) electrons. The van der Waals surface area contributed by atoms with Gasteiger partial charge in [-0.15, -0.1) is 0 Å². The van der Waals surface area contributed by atoms with Crippen molar-refractivity contribution in [1.29, 1.82) is 0 Å². The van der Waals surface area contributed by atoms with E-state index in [1.807, 2.05) is 44.2 Å². The van der Waals surface area contributed by atoms with E-state index in [0.29, 0.717) is 11.5 Å². The number of aryl methyl sites for hydroxylation is 2. The summed E-state index contributed by atoms with van der Waals surface area (Å²) in [5.74, 6) is 0.675. The predicted octanol–water partition coefficient (Wildman–Crippen LogP) is 6.40. The van der Waals surface area contributed by atoms with Gasteiger partial charge in [0.1, 0.15) is 11.8 Å². The zero-order chi connectivity index (χ0) is 19.7. The second-order valence-corrected chi connectivity index (χ2v) is 7.00. The molecule has 0 aliphatic carbocycles. The van der Waals surface area contributed by atoms with Gasteiger partial charge in [-0.25, -0.2) is 4.98 Å². The molecule has 0 saturated carbocycles. The molecule has 3 nitrogen and oxygen atoms in total. The maximum absolute atomic E-state index is 11.1. The molecule has 0 amide bonds. The minimum absolute atomic E-state index is 0.675. The summed E-state index contributed by atoms with van der Waals surface area (Å²) in [6, 6.07) is 18.1. The van der Waals surface area contributed by atoms with E-state index in [0.717, 1.165) is 45.2 Å². The monoisotopic (exact) mass is 367 g/mol. The smallest absolute Gasteiger partial charge is 0.192 e. The van der Waals surface area contributed by atoms with E-state index in [2.05, 4.69) is 48.3 Å². The van der Waals surface area contributed by atoms with Crippen molar-refractivity contribution in [3.8, 4) is 11.1 Å². The van der Waals surface area contributed by atoms with Crippen LogP contribution in [0.5, 0.6) is 0 Å². The van der Waals surface area contributed by atoms with Crippen LogP contribution in [-0.2, 0) is 0 Å². The number of hydrogen-bond acceptors (Lipinski definition) is 3. The fraction of sp³-hybridized carbons (Fsp3) is 0.120. The molecule has 0 fully saturated rings. The Kier molecular flexibility index (Phi) is 4.66. The van der Waals surface area contributed by atoms with Crippen molar-refractivity contribution in [2.45, 2.75) is 20.8 Å². The number of hydrogen-bond donors (Lipinski definition) is 0. The zero-order valence-electron chi connectivity index (χ0n) is 16.2. The highest BCUT2D eigenvalue weighted by Gasteiger charge is 2.08. The molecule has 0 N–H and O–H groups in total. The number of nitrogens with zero attached hydrogens (tertiary/aromatic N) is 1. The number of oxazole rings is 1. The fourth-order valence-electron chi connectivity index (χ4n) is 3.45. The van der Waals surface area contributed by atoms with Crippen LogP contribution in [0.25, 0.3) is 34.4 Å². The number of rotatable bonds is 4. The predicted molar refractivity (Wildman–Crippen MR) is 114 cm³/mol. The molecule has 1 heterocycles. The molecule has 0 atom stereocenters. The molecule has 1 aromatic heterocycles.